The molecule has 2 N–H and O–H groups in total. The van der Waals surface area contributed by atoms with E-state index in [-0.39, 0.29) is 17.1 Å². The molecule has 1 amide bonds. The molecule has 0 radical (unpaired) electrons. The van der Waals surface area contributed by atoms with Crippen LogP contribution in [0.25, 0.3) is 22.2 Å². The Hall–Kier alpha value is -3.56. The van der Waals surface area contributed by atoms with Crippen molar-refractivity contribution in [3.05, 3.63) is 40.9 Å². The van der Waals surface area contributed by atoms with Crippen molar-refractivity contribution in [3.8, 4) is 17.0 Å². The Balaban J connectivity index is 1.84. The van der Waals surface area contributed by atoms with Crippen LogP contribution >= 0.6 is 0 Å². The minimum Gasteiger partial charge on any atom is -0.476 e. The molecule has 30 heavy (non-hydrogen) atoms. The smallest absolute Gasteiger partial charge is 0.268 e. The van der Waals surface area contributed by atoms with E-state index >= 15 is 0 Å². The quantitative estimate of drug-likeness (QED) is 0.680. The van der Waals surface area contributed by atoms with E-state index in [0.29, 0.717) is 28.2 Å². The number of fused-ring (bicyclic) bond motifs is 2. The van der Waals surface area contributed by atoms with Gasteiger partial charge in [-0.05, 0) is 38.1 Å². The van der Waals surface area contributed by atoms with Gasteiger partial charge in [0.25, 0.3) is 17.9 Å². The fraction of sp³-hybridized carbons (Fsp3) is 0.300. The average molecular weight is 415 g/mol. The van der Waals surface area contributed by atoms with Crippen LogP contribution in [-0.2, 0) is 11.8 Å². The van der Waals surface area contributed by atoms with Gasteiger partial charge in [0.2, 0.25) is 0 Å². The maximum atomic E-state index is 12.8. The summed E-state index contributed by atoms with van der Waals surface area (Å²) in [5.74, 6) is 0.242. The molecule has 0 saturated heterocycles. The van der Waals surface area contributed by atoms with Gasteiger partial charge < -0.3 is 19.9 Å². The number of ether oxygens (including phenoxy) is 1. The molecule has 1 aromatic carbocycles. The van der Waals surface area contributed by atoms with Crippen LogP contribution in [0.1, 0.15) is 13.8 Å². The van der Waals surface area contributed by atoms with Gasteiger partial charge in [0.1, 0.15) is 17.0 Å². The van der Waals surface area contributed by atoms with Gasteiger partial charge in [-0.2, -0.15) is 0 Å². The number of carbonyl (C=O) groups excluding carboxylic acids is 1. The van der Waals surface area contributed by atoms with Gasteiger partial charge in [-0.25, -0.2) is 18.7 Å². The molecule has 0 saturated carbocycles. The standard InChI is InChI=1S/C20H19F2N5O3/c1-20(2)19(29)26-12-6-10(4-5-14(12)30-20)11-7-13-16(18(28)27(3)9-24-13)17(25-11)23-8-15(21)22/h4-7,9,15H,8H2,1-3H3,(H,23,25)(H,26,29). The Kier molecular flexibility index (Phi) is 4.64. The Labute approximate surface area is 169 Å². The molecular formula is C20H19F2N5O3. The third-order valence-corrected chi connectivity index (χ3v) is 4.76. The molecule has 4 rings (SSSR count). The lowest BCUT2D eigenvalue weighted by Crippen LogP contribution is -2.45. The molecule has 8 nitrogen and oxygen atoms in total. The molecule has 0 aliphatic carbocycles. The monoisotopic (exact) mass is 415 g/mol. The molecule has 0 unspecified atom stereocenters. The number of hydrogen-bond acceptors (Lipinski definition) is 6. The molecule has 0 atom stereocenters. The van der Waals surface area contributed by atoms with Crippen LogP contribution in [-0.4, -0.2) is 39.0 Å². The number of anilines is 2. The van der Waals surface area contributed by atoms with Crippen molar-refractivity contribution in [2.45, 2.75) is 25.9 Å². The van der Waals surface area contributed by atoms with Crippen molar-refractivity contribution in [1.29, 1.82) is 0 Å². The highest BCUT2D eigenvalue weighted by atomic mass is 19.3. The predicted octanol–water partition coefficient (Wildman–Crippen LogP) is 2.78. The minimum atomic E-state index is -2.62. The molecule has 0 fully saturated rings. The van der Waals surface area contributed by atoms with E-state index in [9.17, 15) is 18.4 Å². The van der Waals surface area contributed by atoms with Gasteiger partial charge >= 0.3 is 0 Å². The second-order valence-corrected chi connectivity index (χ2v) is 7.46. The maximum absolute atomic E-state index is 12.8. The topological polar surface area (TPSA) is 98.1 Å². The summed E-state index contributed by atoms with van der Waals surface area (Å²) in [7, 11) is 1.52. The van der Waals surface area contributed by atoms with Gasteiger partial charge in [-0.1, -0.05) is 0 Å². The number of rotatable bonds is 4. The van der Waals surface area contributed by atoms with E-state index in [1.54, 1.807) is 38.1 Å². The van der Waals surface area contributed by atoms with E-state index in [1.165, 1.54) is 17.9 Å². The number of nitrogens with one attached hydrogen (secondary N) is 2. The summed E-state index contributed by atoms with van der Waals surface area (Å²) in [5, 5.41) is 5.46. The first-order valence-corrected chi connectivity index (χ1v) is 9.19. The average Bonchev–Trinajstić information content (AvgIpc) is 2.69. The van der Waals surface area contributed by atoms with E-state index in [2.05, 4.69) is 20.6 Å². The summed E-state index contributed by atoms with van der Waals surface area (Å²) in [4.78, 5) is 33.3. The lowest BCUT2D eigenvalue weighted by atomic mass is 10.0. The second-order valence-electron chi connectivity index (χ2n) is 7.46. The zero-order chi connectivity index (χ0) is 21.6. The van der Waals surface area contributed by atoms with Crippen molar-refractivity contribution in [1.82, 2.24) is 14.5 Å². The highest BCUT2D eigenvalue weighted by molar-refractivity contribution is 6.01. The number of hydrogen-bond donors (Lipinski definition) is 2. The molecule has 10 heteroatoms. The summed E-state index contributed by atoms with van der Waals surface area (Å²) in [6, 6.07) is 6.70. The molecule has 0 spiro atoms. The van der Waals surface area contributed by atoms with Gasteiger partial charge in [0, 0.05) is 12.6 Å². The maximum Gasteiger partial charge on any atom is 0.268 e. The number of halogens is 2. The summed E-state index contributed by atoms with van der Waals surface area (Å²) in [6.45, 7) is 2.67. The van der Waals surface area contributed by atoms with Crippen molar-refractivity contribution < 1.29 is 18.3 Å². The van der Waals surface area contributed by atoms with Crippen LogP contribution < -0.4 is 20.9 Å². The summed E-state index contributed by atoms with van der Waals surface area (Å²) >= 11 is 0. The molecular weight excluding hydrogens is 396 g/mol. The number of aromatic nitrogens is 3. The molecule has 1 aliphatic heterocycles. The number of nitrogens with zero attached hydrogens (tertiary/aromatic N) is 3. The first kappa shape index (κ1) is 19.7. The van der Waals surface area contributed by atoms with Crippen molar-refractivity contribution in [2.75, 3.05) is 17.2 Å². The van der Waals surface area contributed by atoms with Gasteiger partial charge in [-0.3, -0.25) is 9.59 Å². The van der Waals surface area contributed by atoms with Crippen LogP contribution in [0.2, 0.25) is 0 Å². The van der Waals surface area contributed by atoms with Crippen LogP contribution in [0.15, 0.2) is 35.4 Å². The predicted molar refractivity (Wildman–Crippen MR) is 108 cm³/mol. The van der Waals surface area contributed by atoms with E-state index in [4.69, 9.17) is 4.74 Å². The Morgan fingerprint density at radius 3 is 2.77 bits per heavy atom. The lowest BCUT2D eigenvalue weighted by molar-refractivity contribution is -0.129. The Morgan fingerprint density at radius 1 is 1.27 bits per heavy atom. The summed E-state index contributed by atoms with van der Waals surface area (Å²) in [5.41, 5.74) is 0.399. The summed E-state index contributed by atoms with van der Waals surface area (Å²) < 4.78 is 32.5. The third-order valence-electron chi connectivity index (χ3n) is 4.76. The number of pyridine rings is 1. The molecule has 3 aromatic rings. The summed E-state index contributed by atoms with van der Waals surface area (Å²) in [6.07, 6.45) is -1.26. The number of aryl methyl sites for hydroxylation is 1. The largest absolute Gasteiger partial charge is 0.476 e. The van der Waals surface area contributed by atoms with E-state index < -0.39 is 24.1 Å². The van der Waals surface area contributed by atoms with Crippen LogP contribution in [0.5, 0.6) is 5.75 Å². The van der Waals surface area contributed by atoms with E-state index in [1.807, 2.05) is 0 Å². The van der Waals surface area contributed by atoms with Crippen LogP contribution in [0.4, 0.5) is 20.3 Å². The van der Waals surface area contributed by atoms with Crippen LogP contribution in [0, 0.1) is 0 Å². The highest BCUT2D eigenvalue weighted by Crippen LogP contribution is 2.37. The first-order valence-electron chi connectivity index (χ1n) is 9.19. The van der Waals surface area contributed by atoms with E-state index in [0.717, 1.165) is 0 Å². The fourth-order valence-electron chi connectivity index (χ4n) is 3.14. The van der Waals surface area contributed by atoms with Crippen LogP contribution in [0.3, 0.4) is 0 Å². The lowest BCUT2D eigenvalue weighted by Gasteiger charge is -2.31. The zero-order valence-electron chi connectivity index (χ0n) is 16.5. The SMILES string of the molecule is Cn1cnc2cc(-c3ccc4c(c3)NC(=O)C(C)(C)O4)nc(NCC(F)F)c2c1=O. The molecule has 2 aromatic heterocycles. The number of alkyl halides is 2. The molecule has 156 valence electrons. The Bertz CT molecular complexity index is 1220. The van der Waals surface area contributed by atoms with Crippen molar-refractivity contribution >= 4 is 28.3 Å². The number of benzene rings is 1. The van der Waals surface area contributed by atoms with Crippen molar-refractivity contribution in [2.24, 2.45) is 7.05 Å². The molecule has 1 aliphatic rings. The van der Waals surface area contributed by atoms with Gasteiger partial charge in [0.15, 0.2) is 5.60 Å². The third kappa shape index (κ3) is 3.44. The fourth-order valence-corrected chi connectivity index (χ4v) is 3.14. The number of carbonyl (C=O) groups is 1. The van der Waals surface area contributed by atoms with Gasteiger partial charge in [-0.15, -0.1) is 0 Å². The number of amides is 1. The molecule has 0 bridgehead atoms. The zero-order valence-corrected chi connectivity index (χ0v) is 16.5. The Morgan fingerprint density at radius 2 is 2.03 bits per heavy atom. The molecule has 3 heterocycles. The minimum absolute atomic E-state index is 0.0237. The first-order chi connectivity index (χ1) is 14.2. The van der Waals surface area contributed by atoms with Gasteiger partial charge in [0.05, 0.1) is 29.8 Å². The van der Waals surface area contributed by atoms with Crippen molar-refractivity contribution in [3.63, 3.8) is 0 Å². The normalized spacial score (nSPS) is 14.9. The highest BCUT2D eigenvalue weighted by Gasteiger charge is 2.35. The second kappa shape index (κ2) is 7.05.